The quantitative estimate of drug-likeness (QED) is 0.653. The normalized spacial score (nSPS) is 17.0. The molecule has 0 bridgehead atoms. The van der Waals surface area contributed by atoms with Gasteiger partial charge in [-0.2, -0.15) is 0 Å². The molecule has 8 heteroatoms. The van der Waals surface area contributed by atoms with Crippen LogP contribution in [0.2, 0.25) is 0 Å². The van der Waals surface area contributed by atoms with Gasteiger partial charge < -0.3 is 10.1 Å². The first-order chi connectivity index (χ1) is 12.0. The van der Waals surface area contributed by atoms with E-state index in [4.69, 9.17) is 4.74 Å². The number of carbonyl (C=O) groups excluding carboxylic acids is 1. The molecule has 2 aromatic rings. The van der Waals surface area contributed by atoms with Gasteiger partial charge in [0, 0.05) is 17.5 Å². The van der Waals surface area contributed by atoms with Crippen molar-refractivity contribution in [1.82, 2.24) is 4.90 Å². The van der Waals surface area contributed by atoms with Gasteiger partial charge in [-0.15, -0.1) is 11.3 Å². The van der Waals surface area contributed by atoms with Gasteiger partial charge in [0.05, 0.1) is 24.6 Å². The van der Waals surface area contributed by atoms with E-state index in [0.29, 0.717) is 5.75 Å². The summed E-state index contributed by atoms with van der Waals surface area (Å²) >= 11 is 1.75. The summed E-state index contributed by atoms with van der Waals surface area (Å²) in [6.45, 7) is 3.07. The molecule has 25 heavy (non-hydrogen) atoms. The summed E-state index contributed by atoms with van der Waals surface area (Å²) in [5.41, 5.74) is 1.26. The van der Waals surface area contributed by atoms with Gasteiger partial charge in [0.1, 0.15) is 11.4 Å². The van der Waals surface area contributed by atoms with E-state index in [1.165, 1.54) is 29.7 Å². The lowest BCUT2D eigenvalue weighted by molar-refractivity contribution is -0.384. The first-order valence-corrected chi connectivity index (χ1v) is 8.80. The third-order valence-electron chi connectivity index (χ3n) is 4.43. The fourth-order valence-electron chi connectivity index (χ4n) is 3.05. The van der Waals surface area contributed by atoms with Gasteiger partial charge >= 0.3 is 0 Å². The third kappa shape index (κ3) is 3.64. The van der Waals surface area contributed by atoms with Crippen molar-refractivity contribution in [3.63, 3.8) is 0 Å². The number of methoxy groups -OCH3 is 1. The first kappa shape index (κ1) is 17.4. The molecule has 0 spiro atoms. The average Bonchev–Trinajstić information content (AvgIpc) is 3.07. The van der Waals surface area contributed by atoms with E-state index in [0.717, 1.165) is 13.0 Å². The predicted octanol–water partition coefficient (Wildman–Crippen LogP) is 3.22. The van der Waals surface area contributed by atoms with E-state index in [9.17, 15) is 14.9 Å². The summed E-state index contributed by atoms with van der Waals surface area (Å²) < 4.78 is 5.00. The Bertz CT molecular complexity index is 805. The Morgan fingerprint density at radius 2 is 2.28 bits per heavy atom. The van der Waals surface area contributed by atoms with E-state index >= 15 is 0 Å². The fraction of sp³-hybridized carbons (Fsp3) is 0.353. The van der Waals surface area contributed by atoms with E-state index in [-0.39, 0.29) is 29.9 Å². The molecule has 2 heterocycles. The van der Waals surface area contributed by atoms with Crippen LogP contribution in [0.4, 0.5) is 11.4 Å². The van der Waals surface area contributed by atoms with Crippen LogP contribution in [-0.4, -0.2) is 35.9 Å². The highest BCUT2D eigenvalue weighted by atomic mass is 32.1. The molecular formula is C17H19N3O4S. The second-order valence-corrected chi connectivity index (χ2v) is 6.88. The van der Waals surface area contributed by atoms with Crippen LogP contribution in [0.1, 0.15) is 23.4 Å². The smallest absolute Gasteiger partial charge is 0.296 e. The van der Waals surface area contributed by atoms with E-state index in [1.54, 1.807) is 17.4 Å². The number of benzene rings is 1. The number of nitrogens with zero attached hydrogens (tertiary/aromatic N) is 2. The van der Waals surface area contributed by atoms with Crippen molar-refractivity contribution in [2.75, 3.05) is 25.5 Å². The molecule has 1 aliphatic heterocycles. The summed E-state index contributed by atoms with van der Waals surface area (Å²) in [7, 11) is 1.44. The van der Waals surface area contributed by atoms with Gasteiger partial charge in [0.15, 0.2) is 0 Å². The summed E-state index contributed by atoms with van der Waals surface area (Å²) in [6, 6.07) is 6.64. The summed E-state index contributed by atoms with van der Waals surface area (Å²) in [5, 5.41) is 15.9. The minimum atomic E-state index is -0.528. The lowest BCUT2D eigenvalue weighted by atomic mass is 10.0. The van der Waals surface area contributed by atoms with Crippen molar-refractivity contribution >= 4 is 28.6 Å². The number of fused-ring (bicyclic) bond motifs is 1. The summed E-state index contributed by atoms with van der Waals surface area (Å²) in [4.78, 5) is 26.5. The number of nitro groups is 1. The number of ether oxygens (including phenoxy) is 1. The highest BCUT2D eigenvalue weighted by Gasteiger charge is 2.27. The molecule has 1 aromatic carbocycles. The van der Waals surface area contributed by atoms with Crippen LogP contribution in [0, 0.1) is 10.1 Å². The van der Waals surface area contributed by atoms with E-state index < -0.39 is 4.92 Å². The number of nitrogens with one attached hydrogen (secondary N) is 1. The zero-order valence-corrected chi connectivity index (χ0v) is 14.8. The number of hydrogen-bond acceptors (Lipinski definition) is 6. The molecule has 0 radical (unpaired) electrons. The Kier molecular flexibility index (Phi) is 5.00. The van der Waals surface area contributed by atoms with Crippen molar-refractivity contribution in [3.05, 3.63) is 50.2 Å². The fourth-order valence-corrected chi connectivity index (χ4v) is 4.01. The van der Waals surface area contributed by atoms with Crippen LogP contribution in [0.5, 0.6) is 5.75 Å². The molecule has 0 saturated carbocycles. The van der Waals surface area contributed by atoms with Crippen LogP contribution in [0.15, 0.2) is 29.6 Å². The zero-order chi connectivity index (χ0) is 18.0. The SMILES string of the molecule is COc1ccc(NC(=O)CN2CCc3sccc3[C@H]2C)c([N+](=O)[O-])c1. The molecule has 1 amide bonds. The van der Waals surface area contributed by atoms with Crippen LogP contribution < -0.4 is 10.1 Å². The summed E-state index contributed by atoms with van der Waals surface area (Å²) in [6.07, 6.45) is 0.924. The standard InChI is InChI=1S/C17H19N3O4S/c1-11-13-6-8-25-16(13)5-7-19(11)10-17(21)18-14-4-3-12(24-2)9-15(14)20(22)23/h3-4,6,8-9,11H,5,7,10H2,1-2H3,(H,18,21)/t11-/m1/s1. The van der Waals surface area contributed by atoms with Crippen molar-refractivity contribution in [2.45, 2.75) is 19.4 Å². The molecule has 1 aromatic heterocycles. The molecule has 7 nitrogen and oxygen atoms in total. The molecule has 0 fully saturated rings. The van der Waals surface area contributed by atoms with E-state index in [2.05, 4.69) is 28.6 Å². The molecule has 1 aliphatic rings. The number of carbonyl (C=O) groups is 1. The van der Waals surface area contributed by atoms with Crippen LogP contribution in [0.25, 0.3) is 0 Å². The van der Waals surface area contributed by atoms with Gasteiger partial charge in [-0.3, -0.25) is 19.8 Å². The topological polar surface area (TPSA) is 84.7 Å². The second kappa shape index (κ2) is 7.20. The summed E-state index contributed by atoms with van der Waals surface area (Å²) in [5.74, 6) is 0.109. The molecule has 0 saturated heterocycles. The lowest BCUT2D eigenvalue weighted by Gasteiger charge is -2.32. The monoisotopic (exact) mass is 361 g/mol. The number of amides is 1. The second-order valence-electron chi connectivity index (χ2n) is 5.88. The molecule has 3 rings (SSSR count). The van der Waals surface area contributed by atoms with Gasteiger partial charge in [-0.1, -0.05) is 0 Å². The van der Waals surface area contributed by atoms with Crippen LogP contribution in [0.3, 0.4) is 0 Å². The number of anilines is 1. The van der Waals surface area contributed by atoms with Gasteiger partial charge in [0.25, 0.3) is 5.69 Å². The zero-order valence-electron chi connectivity index (χ0n) is 14.0. The molecular weight excluding hydrogens is 342 g/mol. The minimum Gasteiger partial charge on any atom is -0.496 e. The molecule has 1 N–H and O–H groups in total. The minimum absolute atomic E-state index is 0.159. The van der Waals surface area contributed by atoms with Crippen LogP contribution >= 0.6 is 11.3 Å². The maximum atomic E-state index is 12.4. The van der Waals surface area contributed by atoms with Crippen molar-refractivity contribution in [3.8, 4) is 5.75 Å². The number of thiophene rings is 1. The Hall–Kier alpha value is -2.45. The predicted molar refractivity (Wildman–Crippen MR) is 96.3 cm³/mol. The maximum absolute atomic E-state index is 12.4. The Morgan fingerprint density at radius 1 is 1.48 bits per heavy atom. The lowest BCUT2D eigenvalue weighted by Crippen LogP contribution is -2.39. The molecule has 132 valence electrons. The highest BCUT2D eigenvalue weighted by molar-refractivity contribution is 7.10. The van der Waals surface area contributed by atoms with Gasteiger partial charge in [-0.25, -0.2) is 0 Å². The van der Waals surface area contributed by atoms with E-state index in [1.807, 2.05) is 0 Å². The number of hydrogen-bond donors (Lipinski definition) is 1. The molecule has 0 aliphatic carbocycles. The van der Waals surface area contributed by atoms with Gasteiger partial charge in [-0.05, 0) is 42.5 Å². The average molecular weight is 361 g/mol. The van der Waals surface area contributed by atoms with Crippen LogP contribution in [-0.2, 0) is 11.2 Å². The van der Waals surface area contributed by atoms with Gasteiger partial charge in [0.2, 0.25) is 5.91 Å². The maximum Gasteiger partial charge on any atom is 0.296 e. The number of nitro benzene ring substituents is 1. The number of rotatable bonds is 5. The largest absolute Gasteiger partial charge is 0.496 e. The Balaban J connectivity index is 1.70. The van der Waals surface area contributed by atoms with Crippen molar-refractivity contribution in [2.24, 2.45) is 0 Å². The molecule has 1 atom stereocenters. The third-order valence-corrected chi connectivity index (χ3v) is 5.42. The molecule has 0 unspecified atom stereocenters. The highest BCUT2D eigenvalue weighted by Crippen LogP contribution is 2.33. The first-order valence-electron chi connectivity index (χ1n) is 7.92. The Labute approximate surface area is 149 Å². The van der Waals surface area contributed by atoms with Crippen molar-refractivity contribution in [1.29, 1.82) is 0 Å². The van der Waals surface area contributed by atoms with Crippen molar-refractivity contribution < 1.29 is 14.5 Å². The Morgan fingerprint density at radius 3 is 3.00 bits per heavy atom.